The zero-order valence-electron chi connectivity index (χ0n) is 10.9. The molecule has 0 saturated carbocycles. The van der Waals surface area contributed by atoms with Crippen LogP contribution in [-0.4, -0.2) is 26.8 Å². The Morgan fingerprint density at radius 2 is 1.82 bits per heavy atom. The zero-order valence-corrected chi connectivity index (χ0v) is 11.8. The van der Waals surface area contributed by atoms with Crippen LogP contribution in [0.1, 0.15) is 19.4 Å². The molecule has 1 aromatic rings. The first-order valence-corrected chi connectivity index (χ1v) is 5.65. The van der Waals surface area contributed by atoms with E-state index in [0.717, 1.165) is 24.5 Å². The molecule has 0 radical (unpaired) electrons. The van der Waals surface area contributed by atoms with E-state index in [4.69, 9.17) is 9.47 Å². The van der Waals surface area contributed by atoms with Crippen LogP contribution in [0.25, 0.3) is 0 Å². The topological polar surface area (TPSA) is 30.5 Å². The zero-order chi connectivity index (χ0) is 12.0. The Morgan fingerprint density at radius 1 is 1.18 bits per heavy atom. The highest BCUT2D eigenvalue weighted by Crippen LogP contribution is 2.27. The first kappa shape index (κ1) is 16.1. The second-order valence-corrected chi connectivity index (χ2v) is 3.85. The van der Waals surface area contributed by atoms with Crippen LogP contribution in [-0.2, 0) is 6.42 Å². The van der Waals surface area contributed by atoms with Crippen LogP contribution >= 0.6 is 12.4 Å². The average molecular weight is 260 g/mol. The fourth-order valence-corrected chi connectivity index (χ4v) is 1.78. The van der Waals surface area contributed by atoms with Crippen LogP contribution in [0.4, 0.5) is 0 Å². The van der Waals surface area contributed by atoms with Gasteiger partial charge in [0.15, 0.2) is 11.5 Å². The highest BCUT2D eigenvalue weighted by Gasteiger charge is 2.07. The van der Waals surface area contributed by atoms with Crippen molar-refractivity contribution in [1.82, 2.24) is 5.32 Å². The van der Waals surface area contributed by atoms with Gasteiger partial charge in [-0.2, -0.15) is 0 Å². The number of ether oxygens (including phenoxy) is 2. The van der Waals surface area contributed by atoms with Crippen LogP contribution < -0.4 is 14.8 Å². The van der Waals surface area contributed by atoms with Gasteiger partial charge in [-0.25, -0.2) is 0 Å². The Labute approximate surface area is 110 Å². The highest BCUT2D eigenvalue weighted by molar-refractivity contribution is 5.85. The molecule has 0 amide bonds. The molecule has 0 aliphatic rings. The molecule has 1 unspecified atom stereocenters. The molecule has 3 nitrogen and oxygen atoms in total. The predicted octanol–water partition coefficient (Wildman–Crippen LogP) is 2.67. The Hall–Kier alpha value is -0.930. The average Bonchev–Trinajstić information content (AvgIpc) is 2.29. The summed E-state index contributed by atoms with van der Waals surface area (Å²) in [6.45, 7) is 5.29. The number of halogens is 1. The maximum Gasteiger partial charge on any atom is 0.160 e. The molecule has 1 atom stereocenters. The largest absolute Gasteiger partial charge is 0.493 e. The van der Waals surface area contributed by atoms with Crippen LogP contribution in [0.3, 0.4) is 0 Å². The lowest BCUT2D eigenvalue weighted by Crippen LogP contribution is -2.27. The van der Waals surface area contributed by atoms with Gasteiger partial charge in [0, 0.05) is 6.04 Å². The van der Waals surface area contributed by atoms with Gasteiger partial charge < -0.3 is 14.8 Å². The summed E-state index contributed by atoms with van der Waals surface area (Å²) in [5.74, 6) is 1.58. The van der Waals surface area contributed by atoms with Crippen molar-refractivity contribution >= 4 is 12.4 Å². The van der Waals surface area contributed by atoms with Gasteiger partial charge in [-0.3, -0.25) is 0 Å². The van der Waals surface area contributed by atoms with Crippen molar-refractivity contribution in [2.75, 3.05) is 20.8 Å². The molecule has 1 N–H and O–H groups in total. The number of likely N-dealkylation sites (N-methyl/N-ethyl adjacent to an activating group) is 1. The van der Waals surface area contributed by atoms with Gasteiger partial charge in [-0.05, 0) is 37.6 Å². The van der Waals surface area contributed by atoms with Gasteiger partial charge in [-0.1, -0.05) is 13.0 Å². The van der Waals surface area contributed by atoms with E-state index in [9.17, 15) is 0 Å². The number of hydrogen-bond donors (Lipinski definition) is 1. The van der Waals surface area contributed by atoms with Crippen molar-refractivity contribution in [3.05, 3.63) is 23.8 Å². The van der Waals surface area contributed by atoms with Crippen molar-refractivity contribution in [2.45, 2.75) is 26.3 Å². The number of rotatable bonds is 6. The summed E-state index contributed by atoms with van der Waals surface area (Å²) in [7, 11) is 3.31. The third-order valence-electron chi connectivity index (χ3n) is 2.54. The SMILES string of the molecule is CCNC(C)Cc1ccc(OC)c(OC)c1.Cl. The summed E-state index contributed by atoms with van der Waals surface area (Å²) in [6, 6.07) is 6.54. The van der Waals surface area contributed by atoms with Crippen molar-refractivity contribution in [3.8, 4) is 11.5 Å². The summed E-state index contributed by atoms with van der Waals surface area (Å²) in [5, 5.41) is 3.39. The maximum atomic E-state index is 5.27. The molecular formula is C13H22ClNO2. The molecule has 0 saturated heterocycles. The van der Waals surface area contributed by atoms with Crippen LogP contribution in [0.5, 0.6) is 11.5 Å². The summed E-state index contributed by atoms with van der Waals surface area (Å²) < 4.78 is 10.5. The van der Waals surface area contributed by atoms with E-state index in [1.165, 1.54) is 5.56 Å². The third kappa shape index (κ3) is 4.84. The molecule has 4 heteroatoms. The lowest BCUT2D eigenvalue weighted by molar-refractivity contribution is 0.354. The van der Waals surface area contributed by atoms with Crippen molar-refractivity contribution in [3.63, 3.8) is 0 Å². The molecule has 98 valence electrons. The van der Waals surface area contributed by atoms with E-state index >= 15 is 0 Å². The quantitative estimate of drug-likeness (QED) is 0.852. The Kier molecular flexibility index (Phi) is 7.75. The highest BCUT2D eigenvalue weighted by atomic mass is 35.5. The lowest BCUT2D eigenvalue weighted by Gasteiger charge is -2.14. The molecule has 17 heavy (non-hydrogen) atoms. The number of hydrogen-bond acceptors (Lipinski definition) is 3. The standard InChI is InChI=1S/C13H21NO2.ClH/c1-5-14-10(2)8-11-6-7-12(15-3)13(9-11)16-4;/h6-7,9-10,14H,5,8H2,1-4H3;1H. The summed E-state index contributed by atoms with van der Waals surface area (Å²) in [5.41, 5.74) is 1.26. The smallest absolute Gasteiger partial charge is 0.160 e. The number of benzene rings is 1. The van der Waals surface area contributed by atoms with Crippen LogP contribution in [0.2, 0.25) is 0 Å². The molecule has 0 fully saturated rings. The van der Waals surface area contributed by atoms with Gasteiger partial charge in [0.2, 0.25) is 0 Å². The van der Waals surface area contributed by atoms with Gasteiger partial charge in [0.1, 0.15) is 0 Å². The van der Waals surface area contributed by atoms with Crippen molar-refractivity contribution < 1.29 is 9.47 Å². The number of nitrogens with one attached hydrogen (secondary N) is 1. The Bertz CT molecular complexity index is 331. The molecule has 1 aromatic carbocycles. The summed E-state index contributed by atoms with van der Waals surface area (Å²) in [6.07, 6.45) is 0.994. The summed E-state index contributed by atoms with van der Waals surface area (Å²) >= 11 is 0. The van der Waals surface area contributed by atoms with Crippen molar-refractivity contribution in [2.24, 2.45) is 0 Å². The van der Waals surface area contributed by atoms with Crippen LogP contribution in [0, 0.1) is 0 Å². The molecule has 0 spiro atoms. The molecular weight excluding hydrogens is 238 g/mol. The Balaban J connectivity index is 0.00000256. The molecule has 0 aromatic heterocycles. The van der Waals surface area contributed by atoms with Gasteiger partial charge >= 0.3 is 0 Å². The minimum Gasteiger partial charge on any atom is -0.493 e. The number of methoxy groups -OCH3 is 2. The molecule has 1 rings (SSSR count). The van der Waals surface area contributed by atoms with E-state index < -0.39 is 0 Å². The van der Waals surface area contributed by atoms with Crippen molar-refractivity contribution in [1.29, 1.82) is 0 Å². The molecule has 0 heterocycles. The second-order valence-electron chi connectivity index (χ2n) is 3.85. The Morgan fingerprint density at radius 3 is 2.35 bits per heavy atom. The molecule has 0 aliphatic carbocycles. The van der Waals surface area contributed by atoms with Gasteiger partial charge in [0.05, 0.1) is 14.2 Å². The maximum absolute atomic E-state index is 5.27. The normalized spacial score (nSPS) is 11.5. The first-order valence-electron chi connectivity index (χ1n) is 5.65. The van der Waals surface area contributed by atoms with Gasteiger partial charge in [-0.15, -0.1) is 12.4 Å². The second kappa shape index (κ2) is 8.20. The van der Waals surface area contributed by atoms with Crippen LogP contribution in [0.15, 0.2) is 18.2 Å². The first-order chi connectivity index (χ1) is 7.71. The fourth-order valence-electron chi connectivity index (χ4n) is 1.78. The van der Waals surface area contributed by atoms with E-state index in [2.05, 4.69) is 25.2 Å². The lowest BCUT2D eigenvalue weighted by atomic mass is 10.1. The van der Waals surface area contributed by atoms with E-state index in [0.29, 0.717) is 6.04 Å². The minimum atomic E-state index is 0. The predicted molar refractivity (Wildman–Crippen MR) is 73.6 cm³/mol. The van der Waals surface area contributed by atoms with E-state index in [-0.39, 0.29) is 12.4 Å². The third-order valence-corrected chi connectivity index (χ3v) is 2.54. The minimum absolute atomic E-state index is 0. The molecule has 0 bridgehead atoms. The summed E-state index contributed by atoms with van der Waals surface area (Å²) in [4.78, 5) is 0. The fraction of sp³-hybridized carbons (Fsp3) is 0.538. The van der Waals surface area contributed by atoms with E-state index in [1.807, 2.05) is 12.1 Å². The molecule has 0 aliphatic heterocycles. The van der Waals surface area contributed by atoms with Gasteiger partial charge in [0.25, 0.3) is 0 Å². The monoisotopic (exact) mass is 259 g/mol. The van der Waals surface area contributed by atoms with E-state index in [1.54, 1.807) is 14.2 Å².